The first-order chi connectivity index (χ1) is 9.63. The number of carboxylic acids is 1. The number of carbonyl (C=O) groups is 1. The van der Waals surface area contributed by atoms with E-state index in [0.29, 0.717) is 12.8 Å². The number of halogens is 1. The van der Waals surface area contributed by atoms with Crippen molar-refractivity contribution in [1.29, 1.82) is 0 Å². The summed E-state index contributed by atoms with van der Waals surface area (Å²) in [4.78, 5) is 16.9. The maximum atomic E-state index is 12.9. The third kappa shape index (κ3) is 2.58. The van der Waals surface area contributed by atoms with Gasteiger partial charge in [0.15, 0.2) is 0 Å². The van der Waals surface area contributed by atoms with Crippen LogP contribution in [0.25, 0.3) is 0 Å². The van der Waals surface area contributed by atoms with Crippen molar-refractivity contribution < 1.29 is 14.3 Å². The number of nitrogens with zero attached hydrogens (tertiary/aromatic N) is 1. The average molecular weight is 291 g/mol. The van der Waals surface area contributed by atoms with Gasteiger partial charge in [0.2, 0.25) is 0 Å². The number of carboxylic acid groups (broad SMARTS) is 1. The quantitative estimate of drug-likeness (QED) is 0.943. The molecule has 5 heteroatoms. The third-order valence-corrected chi connectivity index (χ3v) is 4.70. The topological polar surface area (TPSA) is 50.2 Å². The van der Waals surface area contributed by atoms with E-state index in [-0.39, 0.29) is 5.82 Å². The normalized spacial score (nSPS) is 17.8. The molecule has 0 aliphatic heterocycles. The van der Waals surface area contributed by atoms with Gasteiger partial charge >= 0.3 is 5.97 Å². The summed E-state index contributed by atoms with van der Waals surface area (Å²) in [6.45, 7) is 0. The fourth-order valence-corrected chi connectivity index (χ4v) is 3.77. The number of aromatic nitrogens is 1. The van der Waals surface area contributed by atoms with Crippen molar-refractivity contribution in [3.05, 3.63) is 51.2 Å². The highest BCUT2D eigenvalue weighted by Crippen LogP contribution is 2.35. The zero-order chi connectivity index (χ0) is 14.1. The molecule has 1 aromatic heterocycles. The van der Waals surface area contributed by atoms with Crippen LogP contribution in [0.4, 0.5) is 4.39 Å². The van der Waals surface area contributed by atoms with Crippen LogP contribution >= 0.6 is 11.3 Å². The van der Waals surface area contributed by atoms with Gasteiger partial charge in [-0.2, -0.15) is 0 Å². The Labute approximate surface area is 120 Å². The number of hydrogen-bond acceptors (Lipinski definition) is 3. The van der Waals surface area contributed by atoms with Crippen LogP contribution in [0.3, 0.4) is 0 Å². The summed E-state index contributed by atoms with van der Waals surface area (Å²) in [6, 6.07) is 6.35. The van der Waals surface area contributed by atoms with E-state index in [9.17, 15) is 14.3 Å². The minimum Gasteiger partial charge on any atom is -0.481 e. The number of rotatable bonds is 3. The Morgan fingerprint density at radius 3 is 2.85 bits per heavy atom. The highest BCUT2D eigenvalue weighted by atomic mass is 32.1. The molecule has 0 amide bonds. The van der Waals surface area contributed by atoms with Gasteiger partial charge in [0, 0.05) is 11.3 Å². The van der Waals surface area contributed by atoms with E-state index in [4.69, 9.17) is 0 Å². The minimum atomic E-state index is -0.787. The second-order valence-electron chi connectivity index (χ2n) is 5.00. The molecule has 0 saturated heterocycles. The molecule has 0 fully saturated rings. The SMILES string of the molecule is O=C(O)C1CCCc2sc(Cc3ccc(F)cc3)nc21. The number of aryl methyl sites for hydroxylation is 1. The van der Waals surface area contributed by atoms with E-state index >= 15 is 0 Å². The molecule has 2 aromatic rings. The van der Waals surface area contributed by atoms with Gasteiger partial charge in [0.25, 0.3) is 0 Å². The number of aliphatic carboxylic acids is 1. The first-order valence-corrected chi connectivity index (χ1v) is 7.41. The van der Waals surface area contributed by atoms with Gasteiger partial charge in [0.05, 0.1) is 16.6 Å². The summed E-state index contributed by atoms with van der Waals surface area (Å²) < 4.78 is 12.9. The highest BCUT2D eigenvalue weighted by Gasteiger charge is 2.29. The fourth-order valence-electron chi connectivity index (χ4n) is 2.56. The van der Waals surface area contributed by atoms with Crippen LogP contribution in [-0.4, -0.2) is 16.1 Å². The Kier molecular flexibility index (Phi) is 3.53. The summed E-state index contributed by atoms with van der Waals surface area (Å²) in [5.74, 6) is -1.50. The number of benzene rings is 1. The lowest BCUT2D eigenvalue weighted by atomic mass is 9.91. The number of hydrogen-bond donors (Lipinski definition) is 1. The van der Waals surface area contributed by atoms with Gasteiger partial charge in [-0.3, -0.25) is 4.79 Å². The van der Waals surface area contributed by atoms with Gasteiger partial charge in [-0.1, -0.05) is 12.1 Å². The van der Waals surface area contributed by atoms with E-state index in [0.717, 1.165) is 34.0 Å². The lowest BCUT2D eigenvalue weighted by Gasteiger charge is -2.16. The zero-order valence-corrected chi connectivity index (χ0v) is 11.6. The van der Waals surface area contributed by atoms with Crippen LogP contribution < -0.4 is 0 Å². The first kappa shape index (κ1) is 13.2. The molecule has 1 heterocycles. The fraction of sp³-hybridized carbons (Fsp3) is 0.333. The average Bonchev–Trinajstić information content (AvgIpc) is 2.83. The van der Waals surface area contributed by atoms with Crippen molar-refractivity contribution in [2.45, 2.75) is 31.6 Å². The Balaban J connectivity index is 1.85. The van der Waals surface area contributed by atoms with E-state index in [1.807, 2.05) is 0 Å². The van der Waals surface area contributed by atoms with Gasteiger partial charge in [-0.05, 0) is 37.0 Å². The van der Waals surface area contributed by atoms with Crippen molar-refractivity contribution in [2.75, 3.05) is 0 Å². The monoisotopic (exact) mass is 291 g/mol. The van der Waals surface area contributed by atoms with Crippen LogP contribution in [0, 0.1) is 5.82 Å². The highest BCUT2D eigenvalue weighted by molar-refractivity contribution is 7.11. The van der Waals surface area contributed by atoms with Crippen LogP contribution in [0.1, 0.15) is 39.9 Å². The molecule has 1 N–H and O–H groups in total. The Bertz CT molecular complexity index is 636. The molecule has 3 nitrogen and oxygen atoms in total. The first-order valence-electron chi connectivity index (χ1n) is 6.59. The summed E-state index contributed by atoms with van der Waals surface area (Å²) in [5.41, 5.74) is 1.73. The van der Waals surface area contributed by atoms with Crippen LogP contribution in [-0.2, 0) is 17.6 Å². The second-order valence-corrected chi connectivity index (χ2v) is 6.17. The molecule has 1 aromatic carbocycles. The van der Waals surface area contributed by atoms with Gasteiger partial charge in [0.1, 0.15) is 5.82 Å². The predicted octanol–water partition coefficient (Wildman–Crippen LogP) is 3.38. The third-order valence-electron chi connectivity index (χ3n) is 3.57. The van der Waals surface area contributed by atoms with Crippen LogP contribution in [0.5, 0.6) is 0 Å². The molecular formula is C15H14FNO2S. The smallest absolute Gasteiger partial charge is 0.312 e. The molecule has 0 saturated carbocycles. The Morgan fingerprint density at radius 2 is 2.15 bits per heavy atom. The van der Waals surface area contributed by atoms with Crippen molar-refractivity contribution in [3.8, 4) is 0 Å². The van der Waals surface area contributed by atoms with E-state index in [2.05, 4.69) is 4.98 Å². The van der Waals surface area contributed by atoms with Gasteiger partial charge < -0.3 is 5.11 Å². The molecule has 104 valence electrons. The molecule has 0 radical (unpaired) electrons. The van der Waals surface area contributed by atoms with Crippen molar-refractivity contribution in [3.63, 3.8) is 0 Å². The van der Waals surface area contributed by atoms with Crippen LogP contribution in [0.15, 0.2) is 24.3 Å². The molecule has 1 unspecified atom stereocenters. The molecule has 1 aliphatic carbocycles. The molecule has 0 spiro atoms. The molecule has 1 aliphatic rings. The number of thiazole rings is 1. The maximum Gasteiger partial charge on any atom is 0.312 e. The van der Waals surface area contributed by atoms with Crippen molar-refractivity contribution in [1.82, 2.24) is 4.98 Å². The lowest BCUT2D eigenvalue weighted by molar-refractivity contribution is -0.139. The summed E-state index contributed by atoms with van der Waals surface area (Å²) in [7, 11) is 0. The summed E-state index contributed by atoms with van der Waals surface area (Å²) in [5, 5.41) is 10.1. The minimum absolute atomic E-state index is 0.252. The van der Waals surface area contributed by atoms with Crippen molar-refractivity contribution >= 4 is 17.3 Å². The molecule has 1 atom stereocenters. The van der Waals surface area contributed by atoms with E-state index in [1.54, 1.807) is 23.5 Å². The zero-order valence-electron chi connectivity index (χ0n) is 10.8. The molecular weight excluding hydrogens is 277 g/mol. The standard InChI is InChI=1S/C15H14FNO2S/c16-10-6-4-9(5-7-10)8-13-17-14-11(15(18)19)2-1-3-12(14)20-13/h4-7,11H,1-3,8H2,(H,18,19). The lowest BCUT2D eigenvalue weighted by Crippen LogP contribution is -2.17. The van der Waals surface area contributed by atoms with Gasteiger partial charge in [-0.25, -0.2) is 9.37 Å². The Morgan fingerprint density at radius 1 is 1.40 bits per heavy atom. The maximum absolute atomic E-state index is 12.9. The number of fused-ring (bicyclic) bond motifs is 1. The van der Waals surface area contributed by atoms with Crippen molar-refractivity contribution in [2.24, 2.45) is 0 Å². The predicted molar refractivity (Wildman–Crippen MR) is 74.6 cm³/mol. The van der Waals surface area contributed by atoms with Crippen LogP contribution in [0.2, 0.25) is 0 Å². The summed E-state index contributed by atoms with van der Waals surface area (Å²) in [6.07, 6.45) is 3.12. The molecule has 20 heavy (non-hydrogen) atoms. The summed E-state index contributed by atoms with van der Waals surface area (Å²) >= 11 is 1.59. The molecule has 0 bridgehead atoms. The Hall–Kier alpha value is -1.75. The van der Waals surface area contributed by atoms with Gasteiger partial charge in [-0.15, -0.1) is 11.3 Å². The largest absolute Gasteiger partial charge is 0.481 e. The van der Waals surface area contributed by atoms with E-state index < -0.39 is 11.9 Å². The van der Waals surface area contributed by atoms with E-state index in [1.165, 1.54) is 12.1 Å². The second kappa shape index (κ2) is 5.32. The molecule has 3 rings (SSSR count).